The molecule has 0 radical (unpaired) electrons. The van der Waals surface area contributed by atoms with Gasteiger partial charge in [-0.25, -0.2) is 0 Å². The highest BCUT2D eigenvalue weighted by atomic mass is 35.5. The molecule has 0 fully saturated rings. The predicted molar refractivity (Wildman–Crippen MR) is 155 cm³/mol. The first-order valence-corrected chi connectivity index (χ1v) is 13.8. The highest BCUT2D eigenvalue weighted by Gasteiger charge is 2.31. The lowest BCUT2D eigenvalue weighted by Gasteiger charge is -2.32. The number of rotatable bonds is 13. The molecule has 0 aliphatic rings. The molecule has 0 unspecified atom stereocenters. The van der Waals surface area contributed by atoms with Gasteiger partial charge < -0.3 is 15.0 Å². The molecule has 2 amide bonds. The number of hydrogen-bond acceptors (Lipinski definition) is 3. The van der Waals surface area contributed by atoms with Crippen molar-refractivity contribution in [3.63, 3.8) is 0 Å². The first-order valence-electron chi connectivity index (χ1n) is 13.1. The van der Waals surface area contributed by atoms with E-state index in [2.05, 4.69) is 26.1 Å². The molecule has 0 aliphatic heterocycles. The fourth-order valence-electron chi connectivity index (χ4n) is 4.20. The van der Waals surface area contributed by atoms with Crippen LogP contribution in [0.25, 0.3) is 0 Å². The van der Waals surface area contributed by atoms with E-state index in [0.29, 0.717) is 34.3 Å². The van der Waals surface area contributed by atoms with Crippen LogP contribution >= 0.6 is 23.2 Å². The summed E-state index contributed by atoms with van der Waals surface area (Å²) in [5.74, 6) is 0.386. The second-order valence-corrected chi connectivity index (χ2v) is 10.4. The van der Waals surface area contributed by atoms with Crippen molar-refractivity contribution in [1.29, 1.82) is 0 Å². The molecule has 0 saturated heterocycles. The van der Waals surface area contributed by atoms with Gasteiger partial charge in [0, 0.05) is 29.6 Å². The minimum Gasteiger partial charge on any atom is -0.483 e. The number of halogens is 2. The monoisotopic (exact) mass is 554 g/mol. The number of nitrogens with one attached hydrogen (secondary N) is 1. The summed E-state index contributed by atoms with van der Waals surface area (Å²) in [7, 11) is 0. The second-order valence-electron chi connectivity index (χ2n) is 9.59. The highest BCUT2D eigenvalue weighted by molar-refractivity contribution is 6.35. The van der Waals surface area contributed by atoms with E-state index in [4.69, 9.17) is 27.9 Å². The molecule has 202 valence electrons. The number of amides is 2. The molecule has 0 aliphatic carbocycles. The molecule has 0 saturated carbocycles. The van der Waals surface area contributed by atoms with Gasteiger partial charge in [-0.05, 0) is 47.2 Å². The Morgan fingerprint density at radius 1 is 0.974 bits per heavy atom. The largest absolute Gasteiger partial charge is 0.483 e. The molecule has 7 heteroatoms. The van der Waals surface area contributed by atoms with E-state index >= 15 is 0 Å². The lowest BCUT2D eigenvalue weighted by atomic mass is 10.0. The molecule has 0 spiro atoms. The third kappa shape index (κ3) is 8.50. The Morgan fingerprint density at radius 3 is 2.37 bits per heavy atom. The van der Waals surface area contributed by atoms with Gasteiger partial charge in [-0.3, -0.25) is 9.59 Å². The first kappa shape index (κ1) is 29.5. The van der Waals surface area contributed by atoms with E-state index in [1.54, 1.807) is 23.1 Å². The molecule has 0 aromatic heterocycles. The van der Waals surface area contributed by atoms with Crippen molar-refractivity contribution in [3.05, 3.63) is 99.5 Å². The summed E-state index contributed by atoms with van der Waals surface area (Å²) in [5.41, 5.74) is 2.67. The Bertz CT molecular complexity index is 1200. The normalized spacial score (nSPS) is 11.7. The molecular formula is C31H36Cl2N2O3. The van der Waals surface area contributed by atoms with Crippen LogP contribution in [0.15, 0.2) is 72.8 Å². The lowest BCUT2D eigenvalue weighted by molar-refractivity contribution is -0.142. The van der Waals surface area contributed by atoms with Gasteiger partial charge in [-0.15, -0.1) is 0 Å². The molecule has 5 nitrogen and oxygen atoms in total. The van der Waals surface area contributed by atoms with Crippen molar-refractivity contribution in [3.8, 4) is 5.75 Å². The van der Waals surface area contributed by atoms with Gasteiger partial charge in [0.05, 0.1) is 0 Å². The molecule has 3 rings (SSSR count). The average Bonchev–Trinajstić information content (AvgIpc) is 2.91. The number of para-hydroxylation sites is 1. The van der Waals surface area contributed by atoms with E-state index in [-0.39, 0.29) is 30.9 Å². The Labute approximate surface area is 236 Å². The van der Waals surface area contributed by atoms with E-state index in [0.717, 1.165) is 24.0 Å². The van der Waals surface area contributed by atoms with Crippen molar-refractivity contribution in [2.45, 2.75) is 58.5 Å². The quantitative estimate of drug-likeness (QED) is 0.230. The topological polar surface area (TPSA) is 58.6 Å². The Hall–Kier alpha value is -3.02. The minimum atomic E-state index is -0.752. The number of nitrogens with zero attached hydrogens (tertiary/aromatic N) is 1. The van der Waals surface area contributed by atoms with Crippen LogP contribution in [0.5, 0.6) is 5.75 Å². The van der Waals surface area contributed by atoms with Crippen LogP contribution in [-0.4, -0.2) is 35.9 Å². The van der Waals surface area contributed by atoms with Gasteiger partial charge in [0.25, 0.3) is 5.91 Å². The second kappa shape index (κ2) is 14.8. The summed E-state index contributed by atoms with van der Waals surface area (Å²) in [6, 6.07) is 21.8. The van der Waals surface area contributed by atoms with Crippen LogP contribution < -0.4 is 10.1 Å². The standard InChI is InChI=1S/C31H36Cl2N2O3/c1-4-5-17-34-31(37)28(18-23-11-7-6-8-12-23)35(20-24-15-16-25(32)19-27(24)33)30(36)21-38-29-14-10-9-13-26(29)22(2)3/h6-16,19,22,28H,4-5,17-18,20-21H2,1-3H3,(H,34,37)/t28-/m1/s1. The van der Waals surface area contributed by atoms with Gasteiger partial charge in [-0.1, -0.05) is 105 Å². The average molecular weight is 556 g/mol. The third-order valence-corrected chi connectivity index (χ3v) is 6.94. The lowest BCUT2D eigenvalue weighted by Crippen LogP contribution is -2.51. The van der Waals surface area contributed by atoms with Gasteiger partial charge in [0.1, 0.15) is 11.8 Å². The number of carbonyl (C=O) groups is 2. The van der Waals surface area contributed by atoms with Crippen molar-refractivity contribution < 1.29 is 14.3 Å². The molecule has 0 heterocycles. The van der Waals surface area contributed by atoms with Crippen LogP contribution in [0.2, 0.25) is 10.0 Å². The van der Waals surface area contributed by atoms with Gasteiger partial charge >= 0.3 is 0 Å². The van der Waals surface area contributed by atoms with Crippen LogP contribution in [-0.2, 0) is 22.6 Å². The van der Waals surface area contributed by atoms with Crippen molar-refractivity contribution >= 4 is 35.0 Å². The first-order chi connectivity index (χ1) is 18.3. The van der Waals surface area contributed by atoms with Gasteiger partial charge in [0.15, 0.2) is 6.61 Å². The van der Waals surface area contributed by atoms with Crippen LogP contribution in [0.1, 0.15) is 56.2 Å². The van der Waals surface area contributed by atoms with Crippen LogP contribution in [0.3, 0.4) is 0 Å². The zero-order chi connectivity index (χ0) is 27.5. The smallest absolute Gasteiger partial charge is 0.261 e. The maximum Gasteiger partial charge on any atom is 0.261 e. The summed E-state index contributed by atoms with van der Waals surface area (Å²) >= 11 is 12.6. The van der Waals surface area contributed by atoms with E-state index in [1.807, 2.05) is 54.6 Å². The highest BCUT2D eigenvalue weighted by Crippen LogP contribution is 2.27. The predicted octanol–water partition coefficient (Wildman–Crippen LogP) is 7.05. The Kier molecular flexibility index (Phi) is 11.5. The summed E-state index contributed by atoms with van der Waals surface area (Å²) in [4.78, 5) is 28.9. The summed E-state index contributed by atoms with van der Waals surface area (Å²) < 4.78 is 6.03. The van der Waals surface area contributed by atoms with E-state index in [9.17, 15) is 9.59 Å². The fraction of sp³-hybridized carbons (Fsp3) is 0.355. The zero-order valence-corrected chi connectivity index (χ0v) is 23.8. The van der Waals surface area contributed by atoms with E-state index < -0.39 is 6.04 Å². The van der Waals surface area contributed by atoms with Crippen LogP contribution in [0.4, 0.5) is 0 Å². The number of benzene rings is 3. The van der Waals surface area contributed by atoms with Gasteiger partial charge in [0.2, 0.25) is 5.91 Å². The molecule has 3 aromatic rings. The number of hydrogen-bond donors (Lipinski definition) is 1. The number of carbonyl (C=O) groups excluding carboxylic acids is 2. The Balaban J connectivity index is 1.94. The Morgan fingerprint density at radius 2 is 1.68 bits per heavy atom. The molecule has 1 N–H and O–H groups in total. The maximum absolute atomic E-state index is 13.8. The fourth-order valence-corrected chi connectivity index (χ4v) is 4.67. The minimum absolute atomic E-state index is 0.142. The molecule has 1 atom stereocenters. The summed E-state index contributed by atoms with van der Waals surface area (Å²) in [6.45, 7) is 6.71. The molecule has 3 aromatic carbocycles. The van der Waals surface area contributed by atoms with Gasteiger partial charge in [-0.2, -0.15) is 0 Å². The van der Waals surface area contributed by atoms with Crippen LogP contribution in [0, 0.1) is 0 Å². The summed E-state index contributed by atoms with van der Waals surface area (Å²) in [6.07, 6.45) is 2.17. The number of ether oxygens (including phenoxy) is 1. The molecule has 0 bridgehead atoms. The third-order valence-electron chi connectivity index (χ3n) is 6.35. The molecule has 38 heavy (non-hydrogen) atoms. The summed E-state index contributed by atoms with van der Waals surface area (Å²) in [5, 5.41) is 3.96. The zero-order valence-electron chi connectivity index (χ0n) is 22.3. The molecular weight excluding hydrogens is 519 g/mol. The van der Waals surface area contributed by atoms with Crippen molar-refractivity contribution in [1.82, 2.24) is 10.2 Å². The van der Waals surface area contributed by atoms with Crippen molar-refractivity contribution in [2.75, 3.05) is 13.2 Å². The number of unbranched alkanes of at least 4 members (excludes halogenated alkanes) is 1. The maximum atomic E-state index is 13.8. The van der Waals surface area contributed by atoms with E-state index in [1.165, 1.54) is 0 Å². The van der Waals surface area contributed by atoms with Crippen molar-refractivity contribution in [2.24, 2.45) is 0 Å². The SMILES string of the molecule is CCCCNC(=O)[C@@H](Cc1ccccc1)N(Cc1ccc(Cl)cc1Cl)C(=O)COc1ccccc1C(C)C.